The number of carbonyl (C=O) groups excluding carboxylic acids is 1. The fraction of sp³-hybridized carbons (Fsp3) is 0.440. The van der Waals surface area contributed by atoms with Crippen LogP contribution in [0.15, 0.2) is 24.3 Å². The van der Waals surface area contributed by atoms with Gasteiger partial charge in [0.15, 0.2) is 0 Å². The molecule has 182 valence electrons. The lowest BCUT2D eigenvalue weighted by Crippen LogP contribution is -2.09. The molecule has 0 fully saturated rings. The van der Waals surface area contributed by atoms with E-state index in [-0.39, 0.29) is 5.97 Å². The molecule has 2 rings (SSSR count). The monoisotopic (exact) mass is 460 g/mol. The van der Waals surface area contributed by atoms with Crippen LogP contribution in [0.5, 0.6) is 11.5 Å². The molecule has 3 N–H and O–H groups in total. The molecule has 8 nitrogen and oxygen atoms in total. The first-order chi connectivity index (χ1) is 15.8. The summed E-state index contributed by atoms with van der Waals surface area (Å²) in [5, 5.41) is 15.6. The highest BCUT2D eigenvalue weighted by molar-refractivity contribution is 5.92. The molecule has 8 heteroatoms. The Bertz CT molecular complexity index is 943. The van der Waals surface area contributed by atoms with Gasteiger partial charge in [-0.25, -0.2) is 9.59 Å². The van der Waals surface area contributed by atoms with Crippen LogP contribution in [-0.4, -0.2) is 51.0 Å². The van der Waals surface area contributed by atoms with Crippen LogP contribution in [0.2, 0.25) is 0 Å². The number of nitrogens with one attached hydrogen (secondary N) is 2. The molecule has 0 amide bonds. The molecule has 2 aromatic rings. The minimum atomic E-state index is -0.911. The summed E-state index contributed by atoms with van der Waals surface area (Å²) in [6, 6.07) is 6.80. The molecule has 0 aliphatic heterocycles. The first kappa shape index (κ1) is 27.6. The molecule has 0 bridgehead atoms. The SMILES string of the molecule is CCNc1c(OC)cc(C(=O)O)c(CC)c1C.CCNc1ccc(C(=O)OCC)cc1OC. The van der Waals surface area contributed by atoms with E-state index in [0.717, 1.165) is 35.6 Å². The van der Waals surface area contributed by atoms with E-state index < -0.39 is 5.97 Å². The Morgan fingerprint density at radius 2 is 1.58 bits per heavy atom. The molecule has 0 saturated carbocycles. The molecular formula is C25H36N2O6. The molecule has 0 heterocycles. The van der Waals surface area contributed by atoms with E-state index >= 15 is 0 Å². The Labute approximate surface area is 196 Å². The summed E-state index contributed by atoms with van der Waals surface area (Å²) in [6.07, 6.45) is 0.690. The summed E-state index contributed by atoms with van der Waals surface area (Å²) in [7, 11) is 3.12. The van der Waals surface area contributed by atoms with Crippen LogP contribution in [-0.2, 0) is 11.2 Å². The summed E-state index contributed by atoms with van der Waals surface area (Å²) in [4.78, 5) is 22.7. The molecule has 2 aromatic carbocycles. The molecule has 0 atom stereocenters. The second-order valence-electron chi connectivity index (χ2n) is 6.96. The maximum absolute atomic E-state index is 11.5. The zero-order chi connectivity index (χ0) is 25.0. The van der Waals surface area contributed by atoms with Crippen molar-refractivity contribution in [2.75, 3.05) is 44.5 Å². The summed E-state index contributed by atoms with van der Waals surface area (Å²) in [6.45, 7) is 11.6. The van der Waals surface area contributed by atoms with Crippen molar-refractivity contribution in [2.45, 2.75) is 41.0 Å². The topological polar surface area (TPSA) is 106 Å². The smallest absolute Gasteiger partial charge is 0.338 e. The lowest BCUT2D eigenvalue weighted by molar-refractivity contribution is 0.0525. The van der Waals surface area contributed by atoms with Gasteiger partial charge in [0.25, 0.3) is 0 Å². The standard InChI is InChI=1S/C13H19NO3.C12H17NO3/c1-5-9-8(3)12(14-6-2)11(17-4)7-10(9)13(15)16;1-4-13-10-7-6-9(8-11(10)15-3)12(14)16-5-2/h7,14H,5-6H2,1-4H3,(H,15,16);6-8,13H,4-5H2,1-3H3. The van der Waals surface area contributed by atoms with Crippen LogP contribution in [0.4, 0.5) is 11.4 Å². The summed E-state index contributed by atoms with van der Waals surface area (Å²) >= 11 is 0. The van der Waals surface area contributed by atoms with Crippen LogP contribution < -0.4 is 20.1 Å². The van der Waals surface area contributed by atoms with Gasteiger partial charge in [-0.2, -0.15) is 0 Å². The van der Waals surface area contributed by atoms with Crippen LogP contribution in [0.25, 0.3) is 0 Å². The van der Waals surface area contributed by atoms with E-state index in [4.69, 9.17) is 14.2 Å². The number of aromatic carboxylic acids is 1. The van der Waals surface area contributed by atoms with Gasteiger partial charge < -0.3 is 30.0 Å². The number of ether oxygens (including phenoxy) is 3. The van der Waals surface area contributed by atoms with E-state index in [1.165, 1.54) is 0 Å². The van der Waals surface area contributed by atoms with Crippen molar-refractivity contribution in [3.8, 4) is 11.5 Å². The quantitative estimate of drug-likeness (QED) is 0.425. The number of benzene rings is 2. The van der Waals surface area contributed by atoms with E-state index in [1.54, 1.807) is 39.3 Å². The number of rotatable bonds is 10. The van der Waals surface area contributed by atoms with E-state index in [0.29, 0.717) is 35.7 Å². The summed E-state index contributed by atoms with van der Waals surface area (Å²) in [5.41, 5.74) is 4.39. The minimum Gasteiger partial charge on any atom is -0.495 e. The van der Waals surface area contributed by atoms with Gasteiger partial charge in [-0.1, -0.05) is 6.92 Å². The van der Waals surface area contributed by atoms with Crippen molar-refractivity contribution in [3.63, 3.8) is 0 Å². The number of hydrogen-bond donors (Lipinski definition) is 3. The number of carboxylic acid groups (broad SMARTS) is 1. The highest BCUT2D eigenvalue weighted by atomic mass is 16.5. The van der Waals surface area contributed by atoms with Crippen molar-refractivity contribution in [1.82, 2.24) is 0 Å². The van der Waals surface area contributed by atoms with Gasteiger partial charge in [0, 0.05) is 13.1 Å². The first-order valence-corrected chi connectivity index (χ1v) is 11.1. The molecule has 0 aliphatic rings. The first-order valence-electron chi connectivity index (χ1n) is 11.1. The van der Waals surface area contributed by atoms with Gasteiger partial charge in [0.2, 0.25) is 0 Å². The van der Waals surface area contributed by atoms with Crippen LogP contribution in [0.3, 0.4) is 0 Å². The van der Waals surface area contributed by atoms with Gasteiger partial charge in [0.1, 0.15) is 11.5 Å². The molecular weight excluding hydrogens is 424 g/mol. The third-order valence-electron chi connectivity index (χ3n) is 4.91. The average molecular weight is 461 g/mol. The van der Waals surface area contributed by atoms with Crippen LogP contribution in [0.1, 0.15) is 59.5 Å². The van der Waals surface area contributed by atoms with E-state index in [2.05, 4.69) is 10.6 Å². The molecule has 0 saturated heterocycles. The van der Waals surface area contributed by atoms with Crippen molar-refractivity contribution in [2.24, 2.45) is 0 Å². The average Bonchev–Trinajstić information content (AvgIpc) is 2.81. The maximum atomic E-state index is 11.5. The number of carbonyl (C=O) groups is 2. The highest BCUT2D eigenvalue weighted by Gasteiger charge is 2.18. The predicted molar refractivity (Wildman–Crippen MR) is 131 cm³/mol. The maximum Gasteiger partial charge on any atom is 0.338 e. The zero-order valence-corrected chi connectivity index (χ0v) is 20.6. The second kappa shape index (κ2) is 13.9. The lowest BCUT2D eigenvalue weighted by atomic mass is 9.97. The Morgan fingerprint density at radius 1 is 0.939 bits per heavy atom. The summed E-state index contributed by atoms with van der Waals surface area (Å²) in [5.74, 6) is -0.0125. The van der Waals surface area contributed by atoms with Gasteiger partial charge in [0.05, 0.1) is 43.3 Å². The number of anilines is 2. The largest absolute Gasteiger partial charge is 0.495 e. The second-order valence-corrected chi connectivity index (χ2v) is 6.96. The minimum absolute atomic E-state index is 0.323. The molecule has 0 unspecified atom stereocenters. The third-order valence-corrected chi connectivity index (χ3v) is 4.91. The fourth-order valence-electron chi connectivity index (χ4n) is 3.40. The highest BCUT2D eigenvalue weighted by Crippen LogP contribution is 2.33. The van der Waals surface area contributed by atoms with E-state index in [9.17, 15) is 14.7 Å². The van der Waals surface area contributed by atoms with Gasteiger partial charge in [-0.15, -0.1) is 0 Å². The summed E-state index contributed by atoms with van der Waals surface area (Å²) < 4.78 is 15.4. The molecule has 0 aromatic heterocycles. The molecule has 33 heavy (non-hydrogen) atoms. The lowest BCUT2D eigenvalue weighted by Gasteiger charge is -2.17. The number of hydrogen-bond acceptors (Lipinski definition) is 7. The van der Waals surface area contributed by atoms with Gasteiger partial charge >= 0.3 is 11.9 Å². The normalized spacial score (nSPS) is 9.91. The van der Waals surface area contributed by atoms with Crippen molar-refractivity contribution >= 4 is 23.3 Å². The fourth-order valence-corrected chi connectivity index (χ4v) is 3.40. The third kappa shape index (κ3) is 7.30. The van der Waals surface area contributed by atoms with Crippen LogP contribution in [0, 0.1) is 6.92 Å². The van der Waals surface area contributed by atoms with Gasteiger partial charge in [-0.3, -0.25) is 0 Å². The van der Waals surface area contributed by atoms with Crippen molar-refractivity contribution in [1.29, 1.82) is 0 Å². The number of esters is 1. The van der Waals surface area contributed by atoms with E-state index in [1.807, 2.05) is 33.8 Å². The van der Waals surface area contributed by atoms with Gasteiger partial charge in [-0.05, 0) is 69.5 Å². The molecule has 0 radical (unpaired) electrons. The Morgan fingerprint density at radius 3 is 2.06 bits per heavy atom. The predicted octanol–water partition coefficient (Wildman–Crippen LogP) is 5.00. The Kier molecular flexibility index (Phi) is 11.6. The number of carboxylic acids is 1. The van der Waals surface area contributed by atoms with Crippen molar-refractivity contribution in [3.05, 3.63) is 46.5 Å². The van der Waals surface area contributed by atoms with Crippen LogP contribution >= 0.6 is 0 Å². The Balaban J connectivity index is 0.000000331. The Hall–Kier alpha value is -3.42. The molecule has 0 aliphatic carbocycles. The number of methoxy groups -OCH3 is 2. The zero-order valence-electron chi connectivity index (χ0n) is 20.6. The molecule has 0 spiro atoms. The van der Waals surface area contributed by atoms with Crippen molar-refractivity contribution < 1.29 is 28.9 Å².